The van der Waals surface area contributed by atoms with Crippen LogP contribution in [0.2, 0.25) is 0 Å². The molecule has 0 unspecified atom stereocenters. The molecule has 0 spiro atoms. The zero-order valence-electron chi connectivity index (χ0n) is 10.8. The van der Waals surface area contributed by atoms with E-state index in [1.54, 1.807) is 0 Å². The van der Waals surface area contributed by atoms with E-state index in [2.05, 4.69) is 37.1 Å². The molecular weight excluding hydrogens is 220 g/mol. The number of hydrogen-bond acceptors (Lipinski definition) is 4. The quantitative estimate of drug-likeness (QED) is 0.857. The van der Waals surface area contributed by atoms with E-state index in [9.17, 15) is 0 Å². The van der Waals surface area contributed by atoms with Gasteiger partial charge in [0, 0.05) is 26.4 Å². The van der Waals surface area contributed by atoms with Crippen molar-refractivity contribution >= 4 is 23.3 Å². The zero-order chi connectivity index (χ0) is 12.3. The average Bonchev–Trinajstić information content (AvgIpc) is 2.51. The van der Waals surface area contributed by atoms with Crippen molar-refractivity contribution in [2.45, 2.75) is 19.8 Å². The van der Waals surface area contributed by atoms with Gasteiger partial charge in [-0.15, -0.1) is 0 Å². The molecule has 1 aromatic rings. The maximum atomic E-state index is 6.15. The van der Waals surface area contributed by atoms with Crippen molar-refractivity contribution in [2.75, 3.05) is 36.2 Å². The van der Waals surface area contributed by atoms with E-state index >= 15 is 0 Å². The molecule has 92 valence electrons. The molecule has 1 heterocycles. The Bertz CT molecular complexity index is 346. The molecule has 0 amide bonds. The highest BCUT2D eigenvalue weighted by atomic mass is 32.2. The smallest absolute Gasteiger partial charge is 0.150 e. The van der Waals surface area contributed by atoms with Crippen LogP contribution >= 0.6 is 11.8 Å². The molecule has 0 aliphatic heterocycles. The first-order valence-electron chi connectivity index (χ1n) is 5.51. The Morgan fingerprint density at radius 3 is 2.56 bits per heavy atom. The van der Waals surface area contributed by atoms with Crippen molar-refractivity contribution in [1.82, 2.24) is 9.78 Å². The summed E-state index contributed by atoms with van der Waals surface area (Å²) in [5.74, 6) is 2.49. The molecule has 1 aromatic heterocycles. The standard InChI is InChI=1S/C11H22N4S/c1-8(2)10-9(12)11(15(4)13-10)14(3)6-7-16-5/h8H,6-7,12H2,1-5H3. The minimum atomic E-state index is 0.369. The Hall–Kier alpha value is -0.840. The summed E-state index contributed by atoms with van der Waals surface area (Å²) in [5, 5.41) is 4.48. The van der Waals surface area contributed by atoms with Crippen LogP contribution in [0.5, 0.6) is 0 Å². The number of nitrogens with zero attached hydrogens (tertiary/aromatic N) is 3. The van der Waals surface area contributed by atoms with Gasteiger partial charge in [-0.3, -0.25) is 4.68 Å². The molecule has 2 N–H and O–H groups in total. The van der Waals surface area contributed by atoms with Crippen LogP contribution in [0.1, 0.15) is 25.5 Å². The van der Waals surface area contributed by atoms with Crippen LogP contribution < -0.4 is 10.6 Å². The van der Waals surface area contributed by atoms with Crippen molar-refractivity contribution in [3.8, 4) is 0 Å². The number of anilines is 2. The van der Waals surface area contributed by atoms with Crippen LogP contribution in [0, 0.1) is 0 Å². The summed E-state index contributed by atoms with van der Waals surface area (Å²) in [5.41, 5.74) is 7.96. The van der Waals surface area contributed by atoms with E-state index in [1.165, 1.54) is 0 Å². The van der Waals surface area contributed by atoms with Gasteiger partial charge in [0.15, 0.2) is 0 Å². The van der Waals surface area contributed by atoms with Crippen molar-refractivity contribution in [2.24, 2.45) is 7.05 Å². The third kappa shape index (κ3) is 2.64. The van der Waals surface area contributed by atoms with E-state index in [1.807, 2.05) is 23.5 Å². The van der Waals surface area contributed by atoms with Gasteiger partial charge in [0.25, 0.3) is 0 Å². The lowest BCUT2D eigenvalue weighted by Gasteiger charge is -2.19. The van der Waals surface area contributed by atoms with Crippen molar-refractivity contribution in [3.63, 3.8) is 0 Å². The minimum Gasteiger partial charge on any atom is -0.394 e. The number of thioether (sulfide) groups is 1. The van der Waals surface area contributed by atoms with E-state index in [-0.39, 0.29) is 0 Å². The topological polar surface area (TPSA) is 47.1 Å². The molecule has 0 bridgehead atoms. The fraction of sp³-hybridized carbons (Fsp3) is 0.727. The highest BCUT2D eigenvalue weighted by Gasteiger charge is 2.18. The molecular formula is C11H22N4S. The van der Waals surface area contributed by atoms with E-state index in [4.69, 9.17) is 5.73 Å². The Labute approximate surface area is 102 Å². The van der Waals surface area contributed by atoms with Gasteiger partial charge < -0.3 is 10.6 Å². The SMILES string of the molecule is CSCCN(C)c1c(N)c(C(C)C)nn1C. The van der Waals surface area contributed by atoms with Gasteiger partial charge >= 0.3 is 0 Å². The first kappa shape index (κ1) is 13.2. The summed E-state index contributed by atoms with van der Waals surface area (Å²) in [7, 11) is 4.01. The van der Waals surface area contributed by atoms with Gasteiger partial charge in [-0.25, -0.2) is 0 Å². The molecule has 5 heteroatoms. The largest absolute Gasteiger partial charge is 0.394 e. The number of rotatable bonds is 5. The average molecular weight is 242 g/mol. The van der Waals surface area contributed by atoms with Crippen molar-refractivity contribution in [1.29, 1.82) is 0 Å². The summed E-state index contributed by atoms with van der Waals surface area (Å²) >= 11 is 1.84. The Morgan fingerprint density at radius 1 is 1.50 bits per heavy atom. The monoisotopic (exact) mass is 242 g/mol. The summed E-state index contributed by atoms with van der Waals surface area (Å²) < 4.78 is 1.88. The van der Waals surface area contributed by atoms with E-state index in [0.29, 0.717) is 5.92 Å². The Balaban J connectivity index is 2.95. The van der Waals surface area contributed by atoms with Crippen molar-refractivity contribution in [3.05, 3.63) is 5.69 Å². The predicted octanol–water partition coefficient (Wildman–Crippen LogP) is 1.92. The fourth-order valence-electron chi connectivity index (χ4n) is 1.76. The number of aromatic nitrogens is 2. The predicted molar refractivity (Wildman–Crippen MR) is 73.4 cm³/mol. The zero-order valence-corrected chi connectivity index (χ0v) is 11.6. The second-order valence-corrected chi connectivity index (χ2v) is 5.30. The normalized spacial score (nSPS) is 11.1. The summed E-state index contributed by atoms with van der Waals surface area (Å²) in [6.07, 6.45) is 2.11. The number of hydrogen-bond donors (Lipinski definition) is 1. The molecule has 0 radical (unpaired) electrons. The molecule has 4 nitrogen and oxygen atoms in total. The molecule has 16 heavy (non-hydrogen) atoms. The maximum Gasteiger partial charge on any atom is 0.150 e. The maximum absolute atomic E-state index is 6.15. The van der Waals surface area contributed by atoms with Crippen LogP contribution in [0.15, 0.2) is 0 Å². The molecule has 0 saturated heterocycles. The Kier molecular flexibility index (Phi) is 4.53. The second kappa shape index (κ2) is 5.48. The lowest BCUT2D eigenvalue weighted by Crippen LogP contribution is -2.23. The van der Waals surface area contributed by atoms with E-state index < -0.39 is 0 Å². The summed E-state index contributed by atoms with van der Waals surface area (Å²) in [6.45, 7) is 5.22. The molecule has 0 aliphatic carbocycles. The summed E-state index contributed by atoms with van der Waals surface area (Å²) in [6, 6.07) is 0. The third-order valence-electron chi connectivity index (χ3n) is 2.62. The molecule has 0 fully saturated rings. The highest BCUT2D eigenvalue weighted by molar-refractivity contribution is 7.98. The molecule has 0 aliphatic rings. The van der Waals surface area contributed by atoms with Gasteiger partial charge in [-0.1, -0.05) is 13.8 Å². The second-order valence-electron chi connectivity index (χ2n) is 4.32. The summed E-state index contributed by atoms with van der Waals surface area (Å²) in [4.78, 5) is 2.17. The molecule has 0 atom stereocenters. The van der Waals surface area contributed by atoms with Gasteiger partial charge in [0.05, 0.1) is 11.4 Å². The van der Waals surface area contributed by atoms with E-state index in [0.717, 1.165) is 29.5 Å². The van der Waals surface area contributed by atoms with Gasteiger partial charge in [0.1, 0.15) is 5.82 Å². The lowest BCUT2D eigenvalue weighted by molar-refractivity contribution is 0.702. The first-order valence-corrected chi connectivity index (χ1v) is 6.90. The highest BCUT2D eigenvalue weighted by Crippen LogP contribution is 2.29. The third-order valence-corrected chi connectivity index (χ3v) is 3.21. The number of aryl methyl sites for hydroxylation is 1. The first-order chi connectivity index (χ1) is 7.49. The van der Waals surface area contributed by atoms with Crippen molar-refractivity contribution < 1.29 is 0 Å². The minimum absolute atomic E-state index is 0.369. The van der Waals surface area contributed by atoms with Crippen LogP contribution in [0.3, 0.4) is 0 Å². The van der Waals surface area contributed by atoms with Gasteiger partial charge in [-0.05, 0) is 12.2 Å². The number of nitrogen functional groups attached to an aromatic ring is 1. The Morgan fingerprint density at radius 2 is 2.12 bits per heavy atom. The fourth-order valence-corrected chi connectivity index (χ4v) is 2.22. The molecule has 0 aromatic carbocycles. The number of nitrogens with two attached hydrogens (primary N) is 1. The van der Waals surface area contributed by atoms with Gasteiger partial charge in [-0.2, -0.15) is 16.9 Å². The van der Waals surface area contributed by atoms with Crippen LogP contribution in [0.25, 0.3) is 0 Å². The van der Waals surface area contributed by atoms with Crippen LogP contribution in [-0.4, -0.2) is 35.4 Å². The molecule has 1 rings (SSSR count). The van der Waals surface area contributed by atoms with Gasteiger partial charge in [0.2, 0.25) is 0 Å². The lowest BCUT2D eigenvalue weighted by atomic mass is 10.1. The van der Waals surface area contributed by atoms with Crippen LogP contribution in [-0.2, 0) is 7.05 Å². The van der Waals surface area contributed by atoms with Crippen LogP contribution in [0.4, 0.5) is 11.5 Å². The molecule has 0 saturated carbocycles.